The van der Waals surface area contributed by atoms with Crippen molar-refractivity contribution in [3.8, 4) is 11.5 Å². The minimum Gasteiger partial charge on any atom is -0.481 e. The van der Waals surface area contributed by atoms with Crippen molar-refractivity contribution < 1.29 is 19.4 Å². The van der Waals surface area contributed by atoms with Gasteiger partial charge in [-0.25, -0.2) is 0 Å². The quantitative estimate of drug-likeness (QED) is 0.595. The number of rotatable bonds is 6. The summed E-state index contributed by atoms with van der Waals surface area (Å²) < 4.78 is 6.12. The Hall–Kier alpha value is -2.64. The molecule has 1 fully saturated rings. The van der Waals surface area contributed by atoms with Gasteiger partial charge in [-0.05, 0) is 35.9 Å². The van der Waals surface area contributed by atoms with E-state index in [1.54, 1.807) is 6.08 Å². The van der Waals surface area contributed by atoms with E-state index < -0.39 is 5.97 Å². The lowest BCUT2D eigenvalue weighted by Crippen LogP contribution is -2.30. The van der Waals surface area contributed by atoms with Gasteiger partial charge in [0.1, 0.15) is 15.8 Å². The number of ether oxygens (including phenoxy) is 1. The van der Waals surface area contributed by atoms with E-state index in [9.17, 15) is 9.59 Å². The van der Waals surface area contributed by atoms with Gasteiger partial charge >= 0.3 is 5.97 Å². The summed E-state index contributed by atoms with van der Waals surface area (Å²) in [4.78, 5) is 24.9. The average Bonchev–Trinajstić information content (AvgIpc) is 2.89. The molecule has 1 saturated heterocycles. The first-order valence-corrected chi connectivity index (χ1v) is 9.05. The normalized spacial score (nSPS) is 15.5. The molecule has 3 rings (SSSR count). The molecule has 0 saturated carbocycles. The van der Waals surface area contributed by atoms with Crippen LogP contribution in [0.1, 0.15) is 12.0 Å². The SMILES string of the molecule is O=C(O)CCN1C(=O)/C(=C/c2ccc(Oc3ccccc3)cc2)SC1=S. The van der Waals surface area contributed by atoms with Gasteiger partial charge in [-0.1, -0.05) is 54.3 Å². The topological polar surface area (TPSA) is 66.8 Å². The highest BCUT2D eigenvalue weighted by atomic mass is 32.2. The molecule has 1 N–H and O–H groups in total. The van der Waals surface area contributed by atoms with Crippen LogP contribution < -0.4 is 4.74 Å². The standard InChI is InChI=1S/C19H15NO4S2/c21-17(22)10-11-20-18(23)16(26-19(20)25)12-13-6-8-15(9-7-13)24-14-4-2-1-3-5-14/h1-9,12H,10-11H2,(H,21,22)/b16-12-. The predicted octanol–water partition coefficient (Wildman–Crippen LogP) is 4.15. The maximum atomic E-state index is 12.4. The van der Waals surface area contributed by atoms with Crippen molar-refractivity contribution in [3.05, 3.63) is 65.1 Å². The van der Waals surface area contributed by atoms with Gasteiger partial charge in [0, 0.05) is 6.54 Å². The fourth-order valence-electron chi connectivity index (χ4n) is 2.31. The lowest BCUT2D eigenvalue weighted by molar-refractivity contribution is -0.137. The van der Waals surface area contributed by atoms with Crippen LogP contribution in [0.2, 0.25) is 0 Å². The highest BCUT2D eigenvalue weighted by molar-refractivity contribution is 8.26. The van der Waals surface area contributed by atoms with Gasteiger partial charge in [-0.2, -0.15) is 0 Å². The molecule has 5 nitrogen and oxygen atoms in total. The number of aliphatic carboxylic acids is 1. The van der Waals surface area contributed by atoms with Gasteiger partial charge in [0.15, 0.2) is 0 Å². The minimum absolute atomic E-state index is 0.0845. The van der Waals surface area contributed by atoms with E-state index in [0.29, 0.717) is 15.0 Å². The van der Waals surface area contributed by atoms with Crippen LogP contribution in [0.5, 0.6) is 11.5 Å². The number of carboxylic acid groups (broad SMARTS) is 1. The third-order valence-electron chi connectivity index (χ3n) is 3.58. The molecule has 1 amide bonds. The summed E-state index contributed by atoms with van der Waals surface area (Å²) in [7, 11) is 0. The summed E-state index contributed by atoms with van der Waals surface area (Å²) >= 11 is 6.35. The van der Waals surface area contributed by atoms with E-state index in [-0.39, 0.29) is 18.9 Å². The lowest BCUT2D eigenvalue weighted by Gasteiger charge is -2.12. The number of hydrogen-bond acceptors (Lipinski definition) is 5. The molecule has 0 radical (unpaired) electrons. The van der Waals surface area contributed by atoms with E-state index >= 15 is 0 Å². The van der Waals surface area contributed by atoms with E-state index in [1.807, 2.05) is 54.6 Å². The molecular weight excluding hydrogens is 370 g/mol. The number of carboxylic acids is 1. The Bertz CT molecular complexity index is 863. The Labute approximate surface area is 160 Å². The number of amides is 1. The zero-order chi connectivity index (χ0) is 18.5. The molecule has 0 aromatic heterocycles. The Morgan fingerprint density at radius 3 is 2.42 bits per heavy atom. The predicted molar refractivity (Wildman–Crippen MR) is 105 cm³/mol. The van der Waals surface area contributed by atoms with Gasteiger partial charge in [-0.15, -0.1) is 0 Å². The first-order valence-electron chi connectivity index (χ1n) is 7.83. The number of nitrogens with zero attached hydrogens (tertiary/aromatic N) is 1. The smallest absolute Gasteiger partial charge is 0.305 e. The molecular formula is C19H15NO4S2. The van der Waals surface area contributed by atoms with Crippen molar-refractivity contribution >= 4 is 46.3 Å². The molecule has 0 atom stereocenters. The minimum atomic E-state index is -0.961. The zero-order valence-corrected chi connectivity index (χ0v) is 15.3. The zero-order valence-electron chi connectivity index (χ0n) is 13.6. The van der Waals surface area contributed by atoms with Crippen LogP contribution in [0.3, 0.4) is 0 Å². The van der Waals surface area contributed by atoms with E-state index in [2.05, 4.69) is 0 Å². The molecule has 2 aromatic rings. The summed E-state index contributed by atoms with van der Waals surface area (Å²) in [5, 5.41) is 8.76. The second kappa shape index (κ2) is 8.16. The maximum Gasteiger partial charge on any atom is 0.305 e. The molecule has 132 valence electrons. The van der Waals surface area contributed by atoms with Gasteiger partial charge in [0.2, 0.25) is 0 Å². The molecule has 0 spiro atoms. The van der Waals surface area contributed by atoms with Gasteiger partial charge in [0.05, 0.1) is 11.3 Å². The molecule has 0 aliphatic carbocycles. The Balaban J connectivity index is 1.69. The maximum absolute atomic E-state index is 12.4. The largest absolute Gasteiger partial charge is 0.481 e. The Morgan fingerprint density at radius 2 is 1.77 bits per heavy atom. The van der Waals surface area contributed by atoms with Crippen LogP contribution in [0.15, 0.2) is 59.5 Å². The van der Waals surface area contributed by atoms with Crippen LogP contribution >= 0.6 is 24.0 Å². The van der Waals surface area contributed by atoms with Gasteiger partial charge in [-0.3, -0.25) is 14.5 Å². The van der Waals surface area contributed by atoms with Crippen molar-refractivity contribution in [2.45, 2.75) is 6.42 Å². The van der Waals surface area contributed by atoms with Crippen molar-refractivity contribution in [1.82, 2.24) is 4.90 Å². The van der Waals surface area contributed by atoms with E-state index in [4.69, 9.17) is 22.1 Å². The number of benzene rings is 2. The molecule has 1 aliphatic rings. The number of carbonyl (C=O) groups excluding carboxylic acids is 1. The average molecular weight is 385 g/mol. The number of thioether (sulfide) groups is 1. The second-order valence-electron chi connectivity index (χ2n) is 5.46. The van der Waals surface area contributed by atoms with Crippen LogP contribution in [0.25, 0.3) is 6.08 Å². The monoisotopic (exact) mass is 385 g/mol. The van der Waals surface area contributed by atoms with Crippen LogP contribution in [-0.2, 0) is 9.59 Å². The van der Waals surface area contributed by atoms with Gasteiger partial charge < -0.3 is 9.84 Å². The molecule has 0 unspecified atom stereocenters. The molecule has 7 heteroatoms. The van der Waals surface area contributed by atoms with Crippen molar-refractivity contribution in [2.24, 2.45) is 0 Å². The van der Waals surface area contributed by atoms with Crippen molar-refractivity contribution in [1.29, 1.82) is 0 Å². The summed E-state index contributed by atoms with van der Waals surface area (Å²) in [5.74, 6) is 0.227. The fraction of sp³-hybridized carbons (Fsp3) is 0.105. The lowest BCUT2D eigenvalue weighted by atomic mass is 10.2. The number of carbonyl (C=O) groups is 2. The summed E-state index contributed by atoms with van der Waals surface area (Å²) in [6.45, 7) is 0.0845. The van der Waals surface area contributed by atoms with Crippen LogP contribution in [0.4, 0.5) is 0 Å². The molecule has 1 heterocycles. The van der Waals surface area contributed by atoms with E-state index in [1.165, 1.54) is 16.7 Å². The number of thiocarbonyl (C=S) groups is 1. The number of para-hydroxylation sites is 1. The van der Waals surface area contributed by atoms with Gasteiger partial charge in [0.25, 0.3) is 5.91 Å². The van der Waals surface area contributed by atoms with E-state index in [0.717, 1.165) is 11.3 Å². The first-order chi connectivity index (χ1) is 12.5. The molecule has 1 aliphatic heterocycles. The summed E-state index contributed by atoms with van der Waals surface area (Å²) in [5.41, 5.74) is 0.837. The Morgan fingerprint density at radius 1 is 1.12 bits per heavy atom. The summed E-state index contributed by atoms with van der Waals surface area (Å²) in [6.07, 6.45) is 1.61. The highest BCUT2D eigenvalue weighted by Crippen LogP contribution is 2.33. The first kappa shape index (κ1) is 18.2. The molecule has 2 aromatic carbocycles. The number of hydrogen-bond donors (Lipinski definition) is 1. The van der Waals surface area contributed by atoms with Crippen LogP contribution in [-0.4, -0.2) is 32.7 Å². The summed E-state index contributed by atoms with van der Waals surface area (Å²) in [6, 6.07) is 16.8. The van der Waals surface area contributed by atoms with Crippen LogP contribution in [0, 0.1) is 0 Å². The molecule has 0 bridgehead atoms. The second-order valence-corrected chi connectivity index (χ2v) is 7.14. The fourth-order valence-corrected chi connectivity index (χ4v) is 3.62. The highest BCUT2D eigenvalue weighted by Gasteiger charge is 2.31. The third-order valence-corrected chi connectivity index (χ3v) is 4.96. The third kappa shape index (κ3) is 4.50. The van der Waals surface area contributed by atoms with Crippen molar-refractivity contribution in [3.63, 3.8) is 0 Å². The van der Waals surface area contributed by atoms with Crippen molar-refractivity contribution in [2.75, 3.05) is 6.54 Å². The Kier molecular flexibility index (Phi) is 5.70. The molecule has 26 heavy (non-hydrogen) atoms.